The first-order chi connectivity index (χ1) is 12.1. The Bertz CT molecular complexity index is 963. The second-order valence-electron chi connectivity index (χ2n) is 5.46. The fourth-order valence-corrected chi connectivity index (χ4v) is 2.50. The molecule has 1 aromatic heterocycles. The molecule has 0 spiro atoms. The molecule has 128 valence electrons. The highest BCUT2D eigenvalue weighted by Crippen LogP contribution is 2.24. The molecule has 0 radical (unpaired) electrons. The predicted octanol–water partition coefficient (Wildman–Crippen LogP) is 2.91. The molecule has 2 aromatic carbocycles. The minimum atomic E-state index is -0.726. The highest BCUT2D eigenvalue weighted by Gasteiger charge is 2.15. The molecule has 3 aromatic rings. The molecule has 0 atom stereocenters. The molecule has 1 amide bonds. The van der Waals surface area contributed by atoms with Crippen LogP contribution in [0.4, 0.5) is 4.39 Å². The summed E-state index contributed by atoms with van der Waals surface area (Å²) >= 11 is 0. The van der Waals surface area contributed by atoms with E-state index in [1.54, 1.807) is 30.3 Å². The van der Waals surface area contributed by atoms with Crippen molar-refractivity contribution in [3.05, 3.63) is 75.9 Å². The van der Waals surface area contributed by atoms with E-state index >= 15 is 0 Å². The van der Waals surface area contributed by atoms with E-state index in [1.807, 2.05) is 0 Å². The quantitative estimate of drug-likeness (QED) is 0.725. The highest BCUT2D eigenvalue weighted by atomic mass is 19.1. The van der Waals surface area contributed by atoms with Gasteiger partial charge in [-0.3, -0.25) is 4.79 Å². The van der Waals surface area contributed by atoms with Crippen LogP contribution in [0.1, 0.15) is 15.9 Å². The lowest BCUT2D eigenvalue weighted by atomic mass is 10.1. The summed E-state index contributed by atoms with van der Waals surface area (Å²) in [6.45, 7) is 0.319. The van der Waals surface area contributed by atoms with Crippen molar-refractivity contribution in [2.24, 2.45) is 0 Å². The Morgan fingerprint density at radius 3 is 2.68 bits per heavy atom. The van der Waals surface area contributed by atoms with Gasteiger partial charge in [0.05, 0.1) is 7.11 Å². The second-order valence-corrected chi connectivity index (χ2v) is 5.46. The molecule has 3 rings (SSSR count). The lowest BCUT2D eigenvalue weighted by molar-refractivity contribution is 0.0950. The van der Waals surface area contributed by atoms with Crippen molar-refractivity contribution >= 4 is 16.9 Å². The van der Waals surface area contributed by atoms with Crippen LogP contribution in [-0.4, -0.2) is 19.6 Å². The maximum absolute atomic E-state index is 12.9. The van der Waals surface area contributed by atoms with Gasteiger partial charge < -0.3 is 14.5 Å². The van der Waals surface area contributed by atoms with Crippen molar-refractivity contribution in [3.63, 3.8) is 0 Å². The number of hydrogen-bond acceptors (Lipinski definition) is 4. The van der Waals surface area contributed by atoms with Gasteiger partial charge in [-0.05, 0) is 36.2 Å². The highest BCUT2D eigenvalue weighted by molar-refractivity contribution is 5.97. The Morgan fingerprint density at radius 1 is 1.20 bits per heavy atom. The van der Waals surface area contributed by atoms with E-state index in [0.717, 1.165) is 5.56 Å². The summed E-state index contributed by atoms with van der Waals surface area (Å²) in [7, 11) is 1.48. The number of hydrogen-bond donors (Lipinski definition) is 1. The number of methoxy groups -OCH3 is 1. The van der Waals surface area contributed by atoms with Crippen LogP contribution in [0.25, 0.3) is 11.0 Å². The Morgan fingerprint density at radius 2 is 1.96 bits per heavy atom. The summed E-state index contributed by atoms with van der Waals surface area (Å²) in [4.78, 5) is 24.3. The molecule has 5 nitrogen and oxygen atoms in total. The topological polar surface area (TPSA) is 68.5 Å². The molecule has 0 saturated carbocycles. The second kappa shape index (κ2) is 7.17. The average molecular weight is 341 g/mol. The van der Waals surface area contributed by atoms with Crippen LogP contribution in [0.5, 0.6) is 5.75 Å². The average Bonchev–Trinajstić information content (AvgIpc) is 2.62. The lowest BCUT2D eigenvalue weighted by Gasteiger charge is -2.07. The number of amides is 1. The normalized spacial score (nSPS) is 10.6. The van der Waals surface area contributed by atoms with Gasteiger partial charge in [0.15, 0.2) is 11.3 Å². The van der Waals surface area contributed by atoms with E-state index < -0.39 is 11.5 Å². The number of halogens is 1. The van der Waals surface area contributed by atoms with E-state index in [2.05, 4.69) is 5.32 Å². The number of para-hydroxylation sites is 1. The van der Waals surface area contributed by atoms with Gasteiger partial charge in [0, 0.05) is 11.9 Å². The minimum absolute atomic E-state index is 0.0696. The zero-order valence-electron chi connectivity index (χ0n) is 13.5. The van der Waals surface area contributed by atoms with E-state index in [1.165, 1.54) is 25.3 Å². The standard InChI is InChI=1S/C19H16FNO4/c1-24-16-4-2-3-13-11-15(19(23)25-17(13)16)18(22)21-10-9-12-5-7-14(20)8-6-12/h2-8,11H,9-10H2,1H3,(H,21,22). The number of ether oxygens (including phenoxy) is 1. The number of fused-ring (bicyclic) bond motifs is 1. The zero-order valence-corrected chi connectivity index (χ0v) is 13.5. The first kappa shape index (κ1) is 16.7. The number of carbonyl (C=O) groups excluding carboxylic acids is 1. The maximum atomic E-state index is 12.9. The van der Waals surface area contributed by atoms with Gasteiger partial charge in [0.25, 0.3) is 5.91 Å². The Hall–Kier alpha value is -3.15. The third-order valence-corrected chi connectivity index (χ3v) is 3.80. The summed E-state index contributed by atoms with van der Waals surface area (Å²) in [6.07, 6.45) is 0.527. The van der Waals surface area contributed by atoms with Crippen molar-refractivity contribution in [3.8, 4) is 5.75 Å². The molecule has 6 heteroatoms. The maximum Gasteiger partial charge on any atom is 0.349 e. The Labute approximate surface area is 143 Å². The minimum Gasteiger partial charge on any atom is -0.493 e. The van der Waals surface area contributed by atoms with Crippen LogP contribution in [0, 0.1) is 5.82 Å². The van der Waals surface area contributed by atoms with Crippen molar-refractivity contribution in [2.75, 3.05) is 13.7 Å². The Balaban J connectivity index is 1.74. The van der Waals surface area contributed by atoms with Crippen LogP contribution in [0.3, 0.4) is 0 Å². The zero-order chi connectivity index (χ0) is 17.8. The predicted molar refractivity (Wildman–Crippen MR) is 91.5 cm³/mol. The molecule has 0 aliphatic rings. The molecule has 0 saturated heterocycles. The van der Waals surface area contributed by atoms with Crippen molar-refractivity contribution in [1.29, 1.82) is 0 Å². The van der Waals surface area contributed by atoms with Gasteiger partial charge >= 0.3 is 5.63 Å². The molecule has 0 aliphatic carbocycles. The van der Waals surface area contributed by atoms with Gasteiger partial charge in [-0.1, -0.05) is 24.3 Å². The molecule has 1 N–H and O–H groups in total. The monoisotopic (exact) mass is 341 g/mol. The van der Waals surface area contributed by atoms with E-state index in [0.29, 0.717) is 29.7 Å². The number of carbonyl (C=O) groups is 1. The van der Waals surface area contributed by atoms with Gasteiger partial charge in [-0.2, -0.15) is 0 Å². The largest absolute Gasteiger partial charge is 0.493 e. The van der Waals surface area contributed by atoms with Crippen molar-refractivity contribution in [2.45, 2.75) is 6.42 Å². The summed E-state index contributed by atoms with van der Waals surface area (Å²) in [5.41, 5.74) is 0.394. The smallest absolute Gasteiger partial charge is 0.349 e. The fourth-order valence-electron chi connectivity index (χ4n) is 2.50. The molecular weight excluding hydrogens is 325 g/mol. The third kappa shape index (κ3) is 3.68. The molecular formula is C19H16FNO4. The number of nitrogens with one attached hydrogen (secondary N) is 1. The molecule has 0 fully saturated rings. The van der Waals surface area contributed by atoms with Crippen molar-refractivity contribution < 1.29 is 18.3 Å². The van der Waals surface area contributed by atoms with E-state index in [-0.39, 0.29) is 11.4 Å². The Kier molecular flexibility index (Phi) is 4.79. The summed E-state index contributed by atoms with van der Waals surface area (Å²) in [6, 6.07) is 12.7. The first-order valence-corrected chi connectivity index (χ1v) is 7.72. The molecule has 0 unspecified atom stereocenters. The number of rotatable bonds is 5. The van der Waals surface area contributed by atoms with E-state index in [9.17, 15) is 14.0 Å². The van der Waals surface area contributed by atoms with Gasteiger partial charge in [0.1, 0.15) is 11.4 Å². The fraction of sp³-hybridized carbons (Fsp3) is 0.158. The third-order valence-electron chi connectivity index (χ3n) is 3.80. The molecule has 1 heterocycles. The number of benzene rings is 2. The van der Waals surface area contributed by atoms with Gasteiger partial charge in [-0.25, -0.2) is 9.18 Å². The van der Waals surface area contributed by atoms with Crippen LogP contribution >= 0.6 is 0 Å². The molecule has 25 heavy (non-hydrogen) atoms. The summed E-state index contributed by atoms with van der Waals surface area (Å²) < 4.78 is 23.2. The van der Waals surface area contributed by atoms with Crippen LogP contribution in [0.2, 0.25) is 0 Å². The van der Waals surface area contributed by atoms with Crippen LogP contribution < -0.4 is 15.7 Å². The van der Waals surface area contributed by atoms with Gasteiger partial charge in [-0.15, -0.1) is 0 Å². The SMILES string of the molecule is COc1cccc2cc(C(=O)NCCc3ccc(F)cc3)c(=O)oc12. The molecule has 0 aliphatic heterocycles. The van der Waals surface area contributed by atoms with E-state index in [4.69, 9.17) is 9.15 Å². The lowest BCUT2D eigenvalue weighted by Crippen LogP contribution is -2.29. The van der Waals surface area contributed by atoms with Crippen molar-refractivity contribution in [1.82, 2.24) is 5.32 Å². The first-order valence-electron chi connectivity index (χ1n) is 7.72. The summed E-state index contributed by atoms with van der Waals surface area (Å²) in [5, 5.41) is 3.27. The van der Waals surface area contributed by atoms with Crippen LogP contribution in [0.15, 0.2) is 57.7 Å². The van der Waals surface area contributed by atoms with Gasteiger partial charge in [0.2, 0.25) is 0 Å². The van der Waals surface area contributed by atoms with Crippen LogP contribution in [-0.2, 0) is 6.42 Å². The molecule has 0 bridgehead atoms. The summed E-state index contributed by atoms with van der Waals surface area (Å²) in [5.74, 6) is -0.393.